The van der Waals surface area contributed by atoms with Gasteiger partial charge in [-0.05, 0) is 35.0 Å². The maximum absolute atomic E-state index is 4.45. The number of benzene rings is 3. The van der Waals surface area contributed by atoms with E-state index < -0.39 is 0 Å². The van der Waals surface area contributed by atoms with Crippen molar-refractivity contribution < 1.29 is 0 Å². The molecule has 3 aromatic carbocycles. The molecule has 0 N–H and O–H groups in total. The molecule has 5 rings (SSSR count). The first-order valence-electron chi connectivity index (χ1n) is 7.60. The highest BCUT2D eigenvalue weighted by Crippen LogP contribution is 2.33. The van der Waals surface area contributed by atoms with Crippen LogP contribution in [-0.4, -0.2) is 14.5 Å². The molecule has 2 heterocycles. The second-order valence-electron chi connectivity index (χ2n) is 5.64. The Morgan fingerprint density at radius 1 is 0.696 bits per heavy atom. The van der Waals surface area contributed by atoms with E-state index in [9.17, 15) is 0 Å². The van der Waals surface area contributed by atoms with Gasteiger partial charge in [0.05, 0.1) is 11.0 Å². The number of aromatic nitrogens is 3. The van der Waals surface area contributed by atoms with Crippen molar-refractivity contribution in [3.05, 3.63) is 79.3 Å². The van der Waals surface area contributed by atoms with Crippen molar-refractivity contribution in [1.82, 2.24) is 14.5 Å². The second kappa shape index (κ2) is 4.65. The molecular weight excluding hydrogens is 282 g/mol. The lowest BCUT2D eigenvalue weighted by molar-refractivity contribution is 1.04. The van der Waals surface area contributed by atoms with Crippen molar-refractivity contribution in [2.45, 2.75) is 0 Å². The van der Waals surface area contributed by atoms with Gasteiger partial charge >= 0.3 is 0 Å². The average Bonchev–Trinajstić information content (AvgIpc) is 2.94. The van der Waals surface area contributed by atoms with Crippen molar-refractivity contribution in [3.8, 4) is 5.82 Å². The molecule has 23 heavy (non-hydrogen) atoms. The fraction of sp³-hybridized carbons (Fsp3) is 0. The van der Waals surface area contributed by atoms with Gasteiger partial charge in [0.15, 0.2) is 0 Å². The van der Waals surface area contributed by atoms with Crippen LogP contribution in [0.3, 0.4) is 0 Å². The average molecular weight is 295 g/mol. The standard InChI is InChI=1S/C20H13N3/c1-2-6-15-12-19-17(11-14(15)5-1)16-7-3-4-8-18(16)23(19)20-9-10-21-13-22-20/h1-13H. The van der Waals surface area contributed by atoms with Crippen molar-refractivity contribution in [2.75, 3.05) is 0 Å². The van der Waals surface area contributed by atoms with Gasteiger partial charge in [-0.3, -0.25) is 4.57 Å². The molecule has 0 aliphatic carbocycles. The summed E-state index contributed by atoms with van der Waals surface area (Å²) in [5, 5.41) is 4.98. The van der Waals surface area contributed by atoms with E-state index in [4.69, 9.17) is 0 Å². The summed E-state index contributed by atoms with van der Waals surface area (Å²) in [6.45, 7) is 0. The molecule has 0 amide bonds. The number of nitrogens with zero attached hydrogens (tertiary/aromatic N) is 3. The minimum atomic E-state index is 0.890. The Balaban J connectivity index is 2.03. The third-order valence-electron chi connectivity index (χ3n) is 4.34. The largest absolute Gasteiger partial charge is 0.294 e. The lowest BCUT2D eigenvalue weighted by Crippen LogP contribution is -1.96. The summed E-state index contributed by atoms with van der Waals surface area (Å²) < 4.78 is 2.21. The van der Waals surface area contributed by atoms with Crippen LogP contribution in [0.5, 0.6) is 0 Å². The van der Waals surface area contributed by atoms with Gasteiger partial charge in [0, 0.05) is 17.0 Å². The van der Waals surface area contributed by atoms with Crippen molar-refractivity contribution in [3.63, 3.8) is 0 Å². The summed E-state index contributed by atoms with van der Waals surface area (Å²) >= 11 is 0. The van der Waals surface area contributed by atoms with Crippen LogP contribution < -0.4 is 0 Å². The zero-order chi connectivity index (χ0) is 15.2. The second-order valence-corrected chi connectivity index (χ2v) is 5.64. The van der Waals surface area contributed by atoms with E-state index in [0.717, 1.165) is 11.3 Å². The van der Waals surface area contributed by atoms with Gasteiger partial charge in [-0.2, -0.15) is 0 Å². The molecule has 3 heteroatoms. The highest BCUT2D eigenvalue weighted by atomic mass is 15.1. The molecule has 0 bridgehead atoms. The van der Waals surface area contributed by atoms with Crippen LogP contribution in [0.15, 0.2) is 79.3 Å². The molecule has 0 saturated heterocycles. The lowest BCUT2D eigenvalue weighted by atomic mass is 10.1. The van der Waals surface area contributed by atoms with Gasteiger partial charge in [0.25, 0.3) is 0 Å². The monoisotopic (exact) mass is 295 g/mol. The summed E-state index contributed by atoms with van der Waals surface area (Å²) in [5.74, 6) is 0.890. The molecule has 3 nitrogen and oxygen atoms in total. The van der Waals surface area contributed by atoms with Gasteiger partial charge in [0.1, 0.15) is 12.1 Å². The molecule has 0 fully saturated rings. The zero-order valence-electron chi connectivity index (χ0n) is 12.3. The Kier molecular flexibility index (Phi) is 2.50. The predicted octanol–water partition coefficient (Wildman–Crippen LogP) is 4.73. The molecule has 0 aliphatic rings. The Morgan fingerprint density at radius 2 is 1.48 bits per heavy atom. The third-order valence-corrected chi connectivity index (χ3v) is 4.34. The fourth-order valence-corrected chi connectivity index (χ4v) is 3.32. The van der Waals surface area contributed by atoms with Crippen molar-refractivity contribution in [1.29, 1.82) is 0 Å². The van der Waals surface area contributed by atoms with Gasteiger partial charge < -0.3 is 0 Å². The van der Waals surface area contributed by atoms with E-state index in [-0.39, 0.29) is 0 Å². The highest BCUT2D eigenvalue weighted by molar-refractivity contribution is 6.13. The van der Waals surface area contributed by atoms with Crippen LogP contribution in [0, 0.1) is 0 Å². The molecule has 0 saturated carbocycles. The Hall–Kier alpha value is -3.20. The Morgan fingerprint density at radius 3 is 2.30 bits per heavy atom. The first kappa shape index (κ1) is 12.4. The molecule has 0 unspecified atom stereocenters. The summed E-state index contributed by atoms with van der Waals surface area (Å²) in [7, 11) is 0. The Bertz CT molecular complexity index is 1160. The SMILES string of the molecule is c1ccc2cc3c(cc2c1)c1ccccc1n3-c1ccncn1. The van der Waals surface area contributed by atoms with E-state index >= 15 is 0 Å². The third kappa shape index (κ3) is 1.77. The minimum Gasteiger partial charge on any atom is -0.294 e. The first-order valence-corrected chi connectivity index (χ1v) is 7.60. The summed E-state index contributed by atoms with van der Waals surface area (Å²) in [6.07, 6.45) is 3.38. The molecule has 0 radical (unpaired) electrons. The van der Waals surface area contributed by atoms with Crippen LogP contribution in [0.25, 0.3) is 38.4 Å². The minimum absolute atomic E-state index is 0.890. The zero-order valence-corrected chi connectivity index (χ0v) is 12.3. The Labute approximate surface area is 132 Å². The van der Waals surface area contributed by atoms with Crippen molar-refractivity contribution >= 4 is 32.6 Å². The fourth-order valence-electron chi connectivity index (χ4n) is 3.32. The lowest BCUT2D eigenvalue weighted by Gasteiger charge is -2.06. The smallest absolute Gasteiger partial charge is 0.140 e. The van der Waals surface area contributed by atoms with E-state index in [1.807, 2.05) is 6.07 Å². The molecular formula is C20H13N3. The number of rotatable bonds is 1. The number of para-hydroxylation sites is 1. The molecule has 108 valence electrons. The highest BCUT2D eigenvalue weighted by Gasteiger charge is 2.13. The topological polar surface area (TPSA) is 30.7 Å². The van der Waals surface area contributed by atoms with Crippen LogP contribution in [0.2, 0.25) is 0 Å². The van der Waals surface area contributed by atoms with E-state index in [0.29, 0.717) is 0 Å². The normalized spacial score (nSPS) is 11.5. The summed E-state index contributed by atoms with van der Waals surface area (Å²) in [4.78, 5) is 8.49. The first-order chi connectivity index (χ1) is 11.4. The number of hydrogen-bond donors (Lipinski definition) is 0. The predicted molar refractivity (Wildman–Crippen MR) is 93.9 cm³/mol. The summed E-state index contributed by atoms with van der Waals surface area (Å²) in [5.41, 5.74) is 2.33. The molecule has 2 aromatic heterocycles. The van der Waals surface area contributed by atoms with Gasteiger partial charge in [0.2, 0.25) is 0 Å². The van der Waals surface area contributed by atoms with Gasteiger partial charge in [-0.15, -0.1) is 0 Å². The van der Waals surface area contributed by atoms with Gasteiger partial charge in [-0.1, -0.05) is 42.5 Å². The molecule has 0 atom stereocenters. The van der Waals surface area contributed by atoms with Crippen LogP contribution in [0.4, 0.5) is 0 Å². The van der Waals surface area contributed by atoms with E-state index in [1.165, 1.54) is 27.1 Å². The quantitative estimate of drug-likeness (QED) is 0.448. The maximum Gasteiger partial charge on any atom is 0.140 e. The van der Waals surface area contributed by atoms with Crippen LogP contribution in [0.1, 0.15) is 0 Å². The van der Waals surface area contributed by atoms with E-state index in [1.54, 1.807) is 12.5 Å². The summed E-state index contributed by atoms with van der Waals surface area (Å²) in [6, 6.07) is 23.4. The number of hydrogen-bond acceptors (Lipinski definition) is 2. The van der Waals surface area contributed by atoms with Gasteiger partial charge in [-0.25, -0.2) is 9.97 Å². The number of fused-ring (bicyclic) bond motifs is 4. The maximum atomic E-state index is 4.45. The molecule has 0 aliphatic heterocycles. The molecule has 5 aromatic rings. The van der Waals surface area contributed by atoms with Crippen LogP contribution in [-0.2, 0) is 0 Å². The van der Waals surface area contributed by atoms with E-state index in [2.05, 4.69) is 75.2 Å². The van der Waals surface area contributed by atoms with Crippen molar-refractivity contribution in [2.24, 2.45) is 0 Å². The van der Waals surface area contributed by atoms with Crippen LogP contribution >= 0.6 is 0 Å². The molecule has 0 spiro atoms.